The van der Waals surface area contributed by atoms with Gasteiger partial charge in [-0.3, -0.25) is 14.9 Å². The van der Waals surface area contributed by atoms with E-state index in [9.17, 15) is 14.9 Å². The first-order valence-corrected chi connectivity index (χ1v) is 7.69. The first kappa shape index (κ1) is 17.2. The SMILES string of the molecule is COc1cc(C(=O)[C@@H]2O[C@@H]2c2ccc(Cl)cc2)c([N+](=O)[O-])cc1OC. The molecule has 0 aliphatic carbocycles. The summed E-state index contributed by atoms with van der Waals surface area (Å²) in [5.41, 5.74) is 0.350. The maximum Gasteiger partial charge on any atom is 0.284 e. The van der Waals surface area contributed by atoms with E-state index in [0.29, 0.717) is 5.02 Å². The number of carbonyl (C=O) groups is 1. The summed E-state index contributed by atoms with van der Waals surface area (Å²) >= 11 is 5.84. The zero-order valence-corrected chi connectivity index (χ0v) is 14.1. The zero-order valence-electron chi connectivity index (χ0n) is 13.4. The molecule has 1 fully saturated rings. The number of benzene rings is 2. The number of hydrogen-bond donors (Lipinski definition) is 0. The smallest absolute Gasteiger partial charge is 0.284 e. The van der Waals surface area contributed by atoms with E-state index in [4.69, 9.17) is 25.8 Å². The molecule has 2 aromatic rings. The van der Waals surface area contributed by atoms with Crippen molar-refractivity contribution in [2.75, 3.05) is 14.2 Å². The number of nitro benzene ring substituents is 1. The zero-order chi connectivity index (χ0) is 18.1. The van der Waals surface area contributed by atoms with Crippen LogP contribution in [-0.2, 0) is 4.74 Å². The van der Waals surface area contributed by atoms with Crippen LogP contribution in [0.4, 0.5) is 5.69 Å². The molecule has 7 nitrogen and oxygen atoms in total. The van der Waals surface area contributed by atoms with Crippen LogP contribution in [0, 0.1) is 10.1 Å². The van der Waals surface area contributed by atoms with Gasteiger partial charge < -0.3 is 14.2 Å². The standard InChI is InChI=1S/C17H14ClNO6/c1-23-13-7-11(12(19(21)22)8-14(13)24-2)15(20)17-16(25-17)9-3-5-10(18)6-4-9/h3-8,16-17H,1-2H3/t16-,17+/m1/s1. The molecule has 0 radical (unpaired) electrons. The minimum Gasteiger partial charge on any atom is -0.493 e. The predicted octanol–water partition coefficient (Wildman–Crippen LogP) is 3.59. The quantitative estimate of drug-likeness (QED) is 0.337. The summed E-state index contributed by atoms with van der Waals surface area (Å²) < 4.78 is 15.6. The van der Waals surface area contributed by atoms with Gasteiger partial charge in [-0.25, -0.2) is 0 Å². The molecule has 1 aliphatic heterocycles. The molecule has 8 heteroatoms. The Morgan fingerprint density at radius 3 is 2.32 bits per heavy atom. The Morgan fingerprint density at radius 1 is 1.16 bits per heavy atom. The molecule has 0 amide bonds. The molecule has 25 heavy (non-hydrogen) atoms. The van der Waals surface area contributed by atoms with Crippen molar-refractivity contribution in [2.24, 2.45) is 0 Å². The number of Topliss-reactive ketones (excluding diaryl/α,β-unsaturated/α-hetero) is 1. The summed E-state index contributed by atoms with van der Waals surface area (Å²) in [4.78, 5) is 23.4. The lowest BCUT2D eigenvalue weighted by molar-refractivity contribution is -0.385. The molecule has 130 valence electrons. The van der Waals surface area contributed by atoms with Crippen molar-refractivity contribution in [3.05, 3.63) is 62.7 Å². The van der Waals surface area contributed by atoms with Gasteiger partial charge in [-0.1, -0.05) is 23.7 Å². The van der Waals surface area contributed by atoms with Gasteiger partial charge in [0.05, 0.1) is 25.2 Å². The van der Waals surface area contributed by atoms with Crippen LogP contribution in [0.1, 0.15) is 22.0 Å². The van der Waals surface area contributed by atoms with Crippen LogP contribution in [0.3, 0.4) is 0 Å². The van der Waals surface area contributed by atoms with Crippen molar-refractivity contribution in [3.63, 3.8) is 0 Å². The topological polar surface area (TPSA) is 91.2 Å². The van der Waals surface area contributed by atoms with Gasteiger partial charge in [0.15, 0.2) is 17.6 Å². The molecule has 2 atom stereocenters. The first-order chi connectivity index (χ1) is 12.0. The minimum absolute atomic E-state index is 0.0795. The lowest BCUT2D eigenvalue weighted by Crippen LogP contribution is -2.11. The lowest BCUT2D eigenvalue weighted by Gasteiger charge is -2.09. The van der Waals surface area contributed by atoms with Crippen LogP contribution in [0.15, 0.2) is 36.4 Å². The number of rotatable bonds is 6. The summed E-state index contributed by atoms with van der Waals surface area (Å²) in [5, 5.41) is 11.9. The maximum atomic E-state index is 12.7. The van der Waals surface area contributed by atoms with Crippen molar-refractivity contribution in [2.45, 2.75) is 12.2 Å². The van der Waals surface area contributed by atoms with E-state index < -0.39 is 22.9 Å². The van der Waals surface area contributed by atoms with Crippen molar-refractivity contribution in [1.82, 2.24) is 0 Å². The monoisotopic (exact) mass is 363 g/mol. The summed E-state index contributed by atoms with van der Waals surface area (Å²) in [6.07, 6.45) is -1.23. The fraction of sp³-hybridized carbons (Fsp3) is 0.235. The molecule has 1 saturated heterocycles. The molecule has 0 aromatic heterocycles. The Labute approximate surface area is 148 Å². The molecule has 0 unspecified atom stereocenters. The Balaban J connectivity index is 1.92. The third kappa shape index (κ3) is 3.29. The second kappa shape index (κ2) is 6.70. The fourth-order valence-corrected chi connectivity index (χ4v) is 2.71. The van der Waals surface area contributed by atoms with E-state index in [1.54, 1.807) is 24.3 Å². The maximum absolute atomic E-state index is 12.7. The number of hydrogen-bond acceptors (Lipinski definition) is 6. The summed E-state index contributed by atoms with van der Waals surface area (Å²) in [5.74, 6) is -0.0653. The van der Waals surface area contributed by atoms with Crippen LogP contribution in [0.2, 0.25) is 5.02 Å². The molecule has 1 aliphatic rings. The van der Waals surface area contributed by atoms with Gasteiger partial charge >= 0.3 is 0 Å². The molecule has 3 rings (SSSR count). The molecule has 0 spiro atoms. The van der Waals surface area contributed by atoms with Crippen molar-refractivity contribution in [1.29, 1.82) is 0 Å². The second-order valence-corrected chi connectivity index (χ2v) is 5.81. The number of halogens is 1. The van der Waals surface area contributed by atoms with Gasteiger partial charge in [-0.05, 0) is 17.7 Å². The summed E-state index contributed by atoms with van der Waals surface area (Å²) in [6.45, 7) is 0. The predicted molar refractivity (Wildman–Crippen MR) is 89.6 cm³/mol. The van der Waals surface area contributed by atoms with Gasteiger partial charge in [0.1, 0.15) is 11.7 Å². The Morgan fingerprint density at radius 2 is 1.76 bits per heavy atom. The third-order valence-corrected chi connectivity index (χ3v) is 4.16. The molecule has 1 heterocycles. The number of ether oxygens (including phenoxy) is 3. The Bertz CT molecular complexity index is 836. The van der Waals surface area contributed by atoms with Gasteiger partial charge in [0.2, 0.25) is 5.78 Å². The van der Waals surface area contributed by atoms with Crippen LogP contribution in [0.25, 0.3) is 0 Å². The lowest BCUT2D eigenvalue weighted by atomic mass is 10.0. The largest absolute Gasteiger partial charge is 0.493 e. The molecule has 0 saturated carbocycles. The van der Waals surface area contributed by atoms with E-state index in [0.717, 1.165) is 5.56 Å². The molecular weight excluding hydrogens is 350 g/mol. The number of methoxy groups -OCH3 is 2. The molecule has 0 bridgehead atoms. The van der Waals surface area contributed by atoms with Crippen LogP contribution in [0.5, 0.6) is 11.5 Å². The van der Waals surface area contributed by atoms with Crippen LogP contribution >= 0.6 is 11.6 Å². The number of ketones is 1. The average molecular weight is 364 g/mol. The summed E-state index contributed by atoms with van der Waals surface area (Å²) in [7, 11) is 2.76. The molecular formula is C17H14ClNO6. The minimum atomic E-state index is -0.780. The molecule has 2 aromatic carbocycles. The van der Waals surface area contributed by atoms with Gasteiger partial charge in [-0.2, -0.15) is 0 Å². The fourth-order valence-electron chi connectivity index (χ4n) is 2.59. The highest BCUT2D eigenvalue weighted by Crippen LogP contribution is 2.43. The van der Waals surface area contributed by atoms with E-state index >= 15 is 0 Å². The highest BCUT2D eigenvalue weighted by Gasteiger charge is 2.48. The Hall–Kier alpha value is -2.64. The van der Waals surface area contributed by atoms with Crippen molar-refractivity contribution < 1.29 is 23.9 Å². The molecule has 0 N–H and O–H groups in total. The average Bonchev–Trinajstić information content (AvgIpc) is 3.41. The van der Waals surface area contributed by atoms with E-state index in [-0.39, 0.29) is 22.7 Å². The number of nitro groups is 1. The van der Waals surface area contributed by atoms with Crippen LogP contribution in [-0.4, -0.2) is 31.0 Å². The normalized spacial score (nSPS) is 18.5. The van der Waals surface area contributed by atoms with E-state index in [1.165, 1.54) is 26.4 Å². The first-order valence-electron chi connectivity index (χ1n) is 7.31. The van der Waals surface area contributed by atoms with Gasteiger partial charge in [-0.15, -0.1) is 0 Å². The number of nitrogens with zero attached hydrogens (tertiary/aromatic N) is 1. The van der Waals surface area contributed by atoms with Crippen LogP contribution < -0.4 is 9.47 Å². The van der Waals surface area contributed by atoms with E-state index in [2.05, 4.69) is 0 Å². The highest BCUT2D eigenvalue weighted by atomic mass is 35.5. The number of carbonyl (C=O) groups excluding carboxylic acids is 1. The van der Waals surface area contributed by atoms with Gasteiger partial charge in [0, 0.05) is 11.1 Å². The summed E-state index contributed by atoms with van der Waals surface area (Å²) in [6, 6.07) is 9.37. The van der Waals surface area contributed by atoms with E-state index in [1.807, 2.05) is 0 Å². The Kier molecular flexibility index (Phi) is 4.61. The number of epoxide rings is 1. The van der Waals surface area contributed by atoms with Crippen molar-refractivity contribution in [3.8, 4) is 11.5 Å². The third-order valence-electron chi connectivity index (χ3n) is 3.91. The van der Waals surface area contributed by atoms with Crippen molar-refractivity contribution >= 4 is 23.1 Å². The highest BCUT2D eigenvalue weighted by molar-refractivity contribution is 6.30. The van der Waals surface area contributed by atoms with Gasteiger partial charge in [0.25, 0.3) is 5.69 Å². The second-order valence-electron chi connectivity index (χ2n) is 5.37.